The van der Waals surface area contributed by atoms with Crippen molar-refractivity contribution in [1.29, 1.82) is 0 Å². The SMILES string of the molecule is COc1ccc(C2=C(c3cc(OC)c(OC)c(OC)c3)/C(=N\OC(C)=O)C(OC(C)=O)C2)cc1OC(C)C. The number of esters is 1. The van der Waals surface area contributed by atoms with Crippen LogP contribution >= 0.6 is 0 Å². The first kappa shape index (κ1) is 28.4. The van der Waals surface area contributed by atoms with E-state index in [4.69, 9.17) is 33.3 Å². The lowest BCUT2D eigenvalue weighted by atomic mass is 9.95. The van der Waals surface area contributed by atoms with Gasteiger partial charge >= 0.3 is 11.9 Å². The number of rotatable bonds is 10. The molecule has 1 aliphatic rings. The lowest BCUT2D eigenvalue weighted by Gasteiger charge is -2.17. The van der Waals surface area contributed by atoms with Gasteiger partial charge in [-0.1, -0.05) is 11.2 Å². The molecule has 204 valence electrons. The van der Waals surface area contributed by atoms with E-state index in [1.54, 1.807) is 25.3 Å². The standard InChI is InChI=1S/C28H33NO9/c1-15(2)36-22-11-18(9-10-21(22)32-5)20-14-23(37-16(3)30)27(29-38-17(4)31)26(20)19-12-24(33-6)28(35-8)25(13-19)34-7/h9-13,15,23H,14H2,1-8H3/b29-27-. The summed E-state index contributed by atoms with van der Waals surface area (Å²) < 4.78 is 33.7. The summed E-state index contributed by atoms with van der Waals surface area (Å²) in [6.45, 7) is 6.39. The van der Waals surface area contributed by atoms with Crippen LogP contribution in [0.3, 0.4) is 0 Å². The van der Waals surface area contributed by atoms with Gasteiger partial charge in [0.1, 0.15) is 5.71 Å². The smallest absolute Gasteiger partial charge is 0.331 e. The number of ether oxygens (including phenoxy) is 6. The Morgan fingerprint density at radius 3 is 1.92 bits per heavy atom. The van der Waals surface area contributed by atoms with Crippen molar-refractivity contribution < 1.29 is 42.8 Å². The predicted molar refractivity (Wildman–Crippen MR) is 141 cm³/mol. The summed E-state index contributed by atoms with van der Waals surface area (Å²) in [5.41, 5.74) is 3.01. The summed E-state index contributed by atoms with van der Waals surface area (Å²) in [6, 6.07) is 9.04. The monoisotopic (exact) mass is 527 g/mol. The molecule has 0 N–H and O–H groups in total. The van der Waals surface area contributed by atoms with Crippen molar-refractivity contribution in [3.8, 4) is 28.7 Å². The molecule has 0 saturated heterocycles. The van der Waals surface area contributed by atoms with Gasteiger partial charge in [0.2, 0.25) is 5.75 Å². The van der Waals surface area contributed by atoms with Crippen LogP contribution in [0, 0.1) is 0 Å². The first-order valence-electron chi connectivity index (χ1n) is 11.9. The number of nitrogens with zero attached hydrogens (tertiary/aromatic N) is 1. The van der Waals surface area contributed by atoms with E-state index in [1.807, 2.05) is 26.0 Å². The number of methoxy groups -OCH3 is 4. The molecule has 0 aromatic heterocycles. The van der Waals surface area contributed by atoms with Crippen LogP contribution in [-0.4, -0.2) is 58.3 Å². The largest absolute Gasteiger partial charge is 0.493 e. The van der Waals surface area contributed by atoms with Crippen molar-refractivity contribution in [3.05, 3.63) is 41.5 Å². The summed E-state index contributed by atoms with van der Waals surface area (Å²) in [7, 11) is 6.11. The van der Waals surface area contributed by atoms with Gasteiger partial charge in [-0.15, -0.1) is 0 Å². The van der Waals surface area contributed by atoms with Crippen LogP contribution in [-0.2, 0) is 19.2 Å². The highest BCUT2D eigenvalue weighted by molar-refractivity contribution is 6.35. The minimum Gasteiger partial charge on any atom is -0.493 e. The maximum absolute atomic E-state index is 12.0. The second-order valence-corrected chi connectivity index (χ2v) is 8.66. The molecule has 1 aliphatic carbocycles. The van der Waals surface area contributed by atoms with Crippen LogP contribution in [0.4, 0.5) is 0 Å². The molecule has 0 fully saturated rings. The third kappa shape index (κ3) is 6.19. The molecule has 0 bridgehead atoms. The number of hydrogen-bond donors (Lipinski definition) is 0. The van der Waals surface area contributed by atoms with E-state index >= 15 is 0 Å². The minimum absolute atomic E-state index is 0.0961. The van der Waals surface area contributed by atoms with Gasteiger partial charge in [-0.3, -0.25) is 4.79 Å². The number of carbonyl (C=O) groups excluding carboxylic acids is 2. The highest BCUT2D eigenvalue weighted by Gasteiger charge is 2.37. The topological polar surface area (TPSA) is 111 Å². The summed E-state index contributed by atoms with van der Waals surface area (Å²) in [5.74, 6) is 1.23. The Labute approximate surface area is 222 Å². The molecule has 2 aromatic carbocycles. The maximum atomic E-state index is 12.0. The molecule has 0 heterocycles. The molecular formula is C28H33NO9. The second-order valence-electron chi connectivity index (χ2n) is 8.66. The van der Waals surface area contributed by atoms with Gasteiger partial charge in [0, 0.05) is 25.8 Å². The van der Waals surface area contributed by atoms with Crippen LogP contribution in [0.15, 0.2) is 35.5 Å². The van der Waals surface area contributed by atoms with Gasteiger partial charge in [0.05, 0.1) is 34.5 Å². The zero-order valence-corrected chi connectivity index (χ0v) is 22.9. The third-order valence-electron chi connectivity index (χ3n) is 5.66. The average Bonchev–Trinajstić information content (AvgIpc) is 3.23. The minimum atomic E-state index is -0.812. The van der Waals surface area contributed by atoms with Crippen LogP contribution < -0.4 is 23.7 Å². The van der Waals surface area contributed by atoms with Gasteiger partial charge < -0.3 is 33.3 Å². The van der Waals surface area contributed by atoms with Gasteiger partial charge in [-0.25, -0.2) is 4.79 Å². The van der Waals surface area contributed by atoms with Crippen LogP contribution in [0.5, 0.6) is 28.7 Å². The van der Waals surface area contributed by atoms with Crippen LogP contribution in [0.2, 0.25) is 0 Å². The van der Waals surface area contributed by atoms with E-state index in [2.05, 4.69) is 5.16 Å². The molecule has 2 aromatic rings. The molecule has 0 radical (unpaired) electrons. The molecule has 1 unspecified atom stereocenters. The van der Waals surface area contributed by atoms with E-state index in [1.165, 1.54) is 35.2 Å². The van der Waals surface area contributed by atoms with Crippen molar-refractivity contribution in [2.24, 2.45) is 5.16 Å². The molecule has 0 spiro atoms. The van der Waals surface area contributed by atoms with E-state index in [0.717, 1.165) is 11.1 Å². The first-order valence-corrected chi connectivity index (χ1v) is 11.9. The average molecular weight is 528 g/mol. The number of carbonyl (C=O) groups is 2. The summed E-state index contributed by atoms with van der Waals surface area (Å²) in [5, 5.41) is 4.11. The second kappa shape index (κ2) is 12.4. The fourth-order valence-electron chi connectivity index (χ4n) is 4.24. The molecule has 10 heteroatoms. The number of hydrogen-bond acceptors (Lipinski definition) is 10. The molecule has 0 amide bonds. The highest BCUT2D eigenvalue weighted by atomic mass is 16.7. The first-order chi connectivity index (χ1) is 18.1. The molecular weight excluding hydrogens is 494 g/mol. The normalized spacial score (nSPS) is 15.9. The fourth-order valence-corrected chi connectivity index (χ4v) is 4.24. The van der Waals surface area contributed by atoms with E-state index in [-0.39, 0.29) is 18.2 Å². The molecule has 1 atom stereocenters. The van der Waals surface area contributed by atoms with Crippen LogP contribution in [0.25, 0.3) is 11.1 Å². The van der Waals surface area contributed by atoms with E-state index in [9.17, 15) is 9.59 Å². The quantitative estimate of drug-likeness (QED) is 0.247. The van der Waals surface area contributed by atoms with Crippen molar-refractivity contribution in [1.82, 2.24) is 0 Å². The Bertz CT molecular complexity index is 1240. The molecule has 10 nitrogen and oxygen atoms in total. The highest BCUT2D eigenvalue weighted by Crippen LogP contribution is 2.46. The third-order valence-corrected chi connectivity index (χ3v) is 5.66. The fraction of sp³-hybridized carbons (Fsp3) is 0.393. The number of oxime groups is 1. The van der Waals surface area contributed by atoms with Crippen molar-refractivity contribution in [2.75, 3.05) is 28.4 Å². The van der Waals surface area contributed by atoms with Gasteiger partial charge in [-0.05, 0) is 54.8 Å². The molecule has 0 saturated carbocycles. The van der Waals surface area contributed by atoms with Crippen molar-refractivity contribution >= 4 is 28.8 Å². The van der Waals surface area contributed by atoms with Crippen molar-refractivity contribution in [2.45, 2.75) is 46.3 Å². The Balaban J connectivity index is 2.35. The Morgan fingerprint density at radius 1 is 0.816 bits per heavy atom. The predicted octanol–water partition coefficient (Wildman–Crippen LogP) is 4.67. The molecule has 3 rings (SSSR count). The van der Waals surface area contributed by atoms with Gasteiger partial charge in [0.15, 0.2) is 29.1 Å². The van der Waals surface area contributed by atoms with Gasteiger partial charge in [-0.2, -0.15) is 0 Å². The zero-order valence-electron chi connectivity index (χ0n) is 22.9. The van der Waals surface area contributed by atoms with Crippen molar-refractivity contribution in [3.63, 3.8) is 0 Å². The Kier molecular flexibility index (Phi) is 9.22. The lowest BCUT2D eigenvalue weighted by Crippen LogP contribution is -2.23. The molecule has 38 heavy (non-hydrogen) atoms. The van der Waals surface area contributed by atoms with Gasteiger partial charge in [0.25, 0.3) is 0 Å². The maximum Gasteiger partial charge on any atom is 0.331 e. The summed E-state index contributed by atoms with van der Waals surface area (Å²) in [6.07, 6.45) is -0.646. The molecule has 0 aliphatic heterocycles. The Morgan fingerprint density at radius 2 is 1.42 bits per heavy atom. The lowest BCUT2D eigenvalue weighted by molar-refractivity contribution is -0.143. The van der Waals surface area contributed by atoms with Crippen LogP contribution in [0.1, 0.15) is 45.2 Å². The summed E-state index contributed by atoms with van der Waals surface area (Å²) in [4.78, 5) is 28.7. The Hall–Kier alpha value is -4.21. The van der Waals surface area contributed by atoms with E-state index in [0.29, 0.717) is 39.9 Å². The van der Waals surface area contributed by atoms with E-state index < -0.39 is 18.0 Å². The number of benzene rings is 2. The zero-order chi connectivity index (χ0) is 28.0. The summed E-state index contributed by atoms with van der Waals surface area (Å²) >= 11 is 0.